The van der Waals surface area contributed by atoms with Gasteiger partial charge in [-0.25, -0.2) is 4.79 Å². The molecule has 0 aliphatic rings. The van der Waals surface area contributed by atoms with E-state index in [4.69, 9.17) is 4.74 Å². The number of carbonyl (C=O) groups excluding carboxylic acids is 2. The Bertz CT molecular complexity index is 525. The summed E-state index contributed by atoms with van der Waals surface area (Å²) in [5.74, 6) is -0.283. The molecule has 0 spiro atoms. The fraction of sp³-hybridized carbons (Fsp3) is 0.412. The van der Waals surface area contributed by atoms with Gasteiger partial charge in [-0.1, -0.05) is 48.9 Å². The van der Waals surface area contributed by atoms with Crippen LogP contribution in [0.2, 0.25) is 0 Å². The molecule has 1 amide bonds. The fourth-order valence-electron chi connectivity index (χ4n) is 2.12. The standard InChI is InChI=1S/C17H23NO4/c1-12(10-11-15(19)21-3)13(2)16(18-17(20)22-4)14-8-6-5-7-9-14/h5-10,13,16H,11H2,1-4H3,(H,18,20)/b12-10+/t13-,16+/m0/s1. The second-order valence-corrected chi connectivity index (χ2v) is 5.04. The Morgan fingerprint density at radius 1 is 1.18 bits per heavy atom. The molecule has 0 radical (unpaired) electrons. The number of amides is 1. The number of nitrogens with one attached hydrogen (secondary N) is 1. The van der Waals surface area contributed by atoms with Crippen molar-refractivity contribution in [2.45, 2.75) is 26.3 Å². The Morgan fingerprint density at radius 3 is 2.36 bits per heavy atom. The van der Waals surface area contributed by atoms with Crippen molar-refractivity contribution in [3.05, 3.63) is 47.5 Å². The number of alkyl carbamates (subject to hydrolysis) is 1. The van der Waals surface area contributed by atoms with Gasteiger partial charge in [0.1, 0.15) is 0 Å². The Morgan fingerprint density at radius 2 is 1.82 bits per heavy atom. The largest absolute Gasteiger partial charge is 0.469 e. The summed E-state index contributed by atoms with van der Waals surface area (Å²) in [4.78, 5) is 22.9. The number of ether oxygens (including phenoxy) is 2. The zero-order valence-electron chi connectivity index (χ0n) is 13.5. The Kier molecular flexibility index (Phi) is 7.16. The first-order valence-electron chi connectivity index (χ1n) is 7.12. The summed E-state index contributed by atoms with van der Waals surface area (Å²) < 4.78 is 9.34. The molecule has 1 N–H and O–H groups in total. The quantitative estimate of drug-likeness (QED) is 0.647. The molecule has 0 saturated heterocycles. The van der Waals surface area contributed by atoms with Gasteiger partial charge in [0, 0.05) is 5.92 Å². The van der Waals surface area contributed by atoms with E-state index < -0.39 is 6.09 Å². The zero-order chi connectivity index (χ0) is 16.5. The van der Waals surface area contributed by atoms with E-state index >= 15 is 0 Å². The van der Waals surface area contributed by atoms with Crippen molar-refractivity contribution in [2.75, 3.05) is 14.2 Å². The van der Waals surface area contributed by atoms with E-state index in [9.17, 15) is 9.59 Å². The minimum Gasteiger partial charge on any atom is -0.469 e. The van der Waals surface area contributed by atoms with Crippen molar-refractivity contribution in [1.29, 1.82) is 0 Å². The highest BCUT2D eigenvalue weighted by atomic mass is 16.5. The molecule has 0 unspecified atom stereocenters. The third-order valence-electron chi connectivity index (χ3n) is 3.65. The maximum Gasteiger partial charge on any atom is 0.407 e. The maximum absolute atomic E-state index is 11.6. The minimum atomic E-state index is -0.485. The summed E-state index contributed by atoms with van der Waals surface area (Å²) in [7, 11) is 2.70. The van der Waals surface area contributed by atoms with Crippen molar-refractivity contribution in [3.63, 3.8) is 0 Å². The van der Waals surface area contributed by atoms with Crippen LogP contribution in [0.15, 0.2) is 42.0 Å². The molecule has 5 nitrogen and oxygen atoms in total. The van der Waals surface area contributed by atoms with E-state index in [1.807, 2.05) is 50.3 Å². The van der Waals surface area contributed by atoms with Gasteiger partial charge in [-0.05, 0) is 12.5 Å². The number of benzene rings is 1. The van der Waals surface area contributed by atoms with Gasteiger partial charge in [-0.15, -0.1) is 0 Å². The van der Waals surface area contributed by atoms with E-state index in [1.54, 1.807) is 0 Å². The monoisotopic (exact) mass is 305 g/mol. The molecular formula is C17H23NO4. The van der Waals surface area contributed by atoms with Crippen molar-refractivity contribution in [2.24, 2.45) is 5.92 Å². The normalized spacial score (nSPS) is 13.9. The van der Waals surface area contributed by atoms with E-state index in [1.165, 1.54) is 14.2 Å². The molecule has 0 aliphatic heterocycles. The van der Waals surface area contributed by atoms with Gasteiger partial charge in [0.2, 0.25) is 0 Å². The lowest BCUT2D eigenvalue weighted by Gasteiger charge is -2.26. The van der Waals surface area contributed by atoms with Crippen LogP contribution in [-0.2, 0) is 14.3 Å². The van der Waals surface area contributed by atoms with Gasteiger partial charge >= 0.3 is 12.1 Å². The van der Waals surface area contributed by atoms with Crippen LogP contribution in [0, 0.1) is 5.92 Å². The fourth-order valence-corrected chi connectivity index (χ4v) is 2.12. The van der Waals surface area contributed by atoms with Crippen LogP contribution in [0.25, 0.3) is 0 Å². The average Bonchev–Trinajstić information content (AvgIpc) is 2.56. The molecule has 0 heterocycles. The van der Waals surface area contributed by atoms with E-state index in [0.29, 0.717) is 0 Å². The van der Waals surface area contributed by atoms with Gasteiger partial charge in [-0.2, -0.15) is 0 Å². The molecule has 0 aliphatic carbocycles. The third-order valence-corrected chi connectivity index (χ3v) is 3.65. The summed E-state index contributed by atoms with van der Waals surface area (Å²) in [6.07, 6.45) is 1.55. The zero-order valence-corrected chi connectivity index (χ0v) is 13.5. The van der Waals surface area contributed by atoms with Gasteiger partial charge in [0.25, 0.3) is 0 Å². The van der Waals surface area contributed by atoms with Gasteiger partial charge in [0.05, 0.1) is 26.7 Å². The molecule has 1 rings (SSSR count). The second kappa shape index (κ2) is 8.87. The highest BCUT2D eigenvalue weighted by Gasteiger charge is 2.23. The Balaban J connectivity index is 2.95. The topological polar surface area (TPSA) is 64.6 Å². The van der Waals surface area contributed by atoms with Crippen molar-refractivity contribution < 1.29 is 19.1 Å². The predicted octanol–water partition coefficient (Wildman–Crippen LogP) is 3.23. The molecule has 2 atom stereocenters. The summed E-state index contributed by atoms with van der Waals surface area (Å²) in [6, 6.07) is 9.42. The van der Waals surface area contributed by atoms with Crippen molar-refractivity contribution in [1.82, 2.24) is 5.32 Å². The molecule has 120 valence electrons. The van der Waals surface area contributed by atoms with Crippen LogP contribution in [0.5, 0.6) is 0 Å². The van der Waals surface area contributed by atoms with Gasteiger partial charge in [-0.3, -0.25) is 4.79 Å². The van der Waals surface area contributed by atoms with E-state index in [-0.39, 0.29) is 24.3 Å². The first-order chi connectivity index (χ1) is 10.5. The summed E-state index contributed by atoms with van der Waals surface area (Å²) in [6.45, 7) is 3.93. The third kappa shape index (κ3) is 5.24. The van der Waals surface area contributed by atoms with Gasteiger partial charge < -0.3 is 14.8 Å². The smallest absolute Gasteiger partial charge is 0.407 e. The number of esters is 1. The van der Waals surface area contributed by atoms with Crippen LogP contribution in [-0.4, -0.2) is 26.3 Å². The van der Waals surface area contributed by atoms with Crippen LogP contribution in [0.4, 0.5) is 4.79 Å². The summed E-state index contributed by atoms with van der Waals surface area (Å²) >= 11 is 0. The lowest BCUT2D eigenvalue weighted by atomic mass is 9.88. The van der Waals surface area contributed by atoms with Gasteiger partial charge in [0.15, 0.2) is 0 Å². The molecule has 0 bridgehead atoms. The highest BCUT2D eigenvalue weighted by Crippen LogP contribution is 2.28. The van der Waals surface area contributed by atoms with Crippen LogP contribution >= 0.6 is 0 Å². The SMILES string of the molecule is COC(=O)C/C=C(\C)[C@H](C)[C@@H](NC(=O)OC)c1ccccc1. The van der Waals surface area contributed by atoms with Crippen LogP contribution < -0.4 is 5.32 Å². The average molecular weight is 305 g/mol. The number of hydrogen-bond donors (Lipinski definition) is 1. The molecule has 22 heavy (non-hydrogen) atoms. The molecule has 0 fully saturated rings. The molecule has 1 aromatic rings. The van der Waals surface area contributed by atoms with Crippen LogP contribution in [0.3, 0.4) is 0 Å². The van der Waals surface area contributed by atoms with Crippen molar-refractivity contribution in [3.8, 4) is 0 Å². The highest BCUT2D eigenvalue weighted by molar-refractivity contribution is 5.71. The van der Waals surface area contributed by atoms with Crippen LogP contribution in [0.1, 0.15) is 31.9 Å². The number of methoxy groups -OCH3 is 2. The first-order valence-corrected chi connectivity index (χ1v) is 7.12. The van der Waals surface area contributed by atoms with E-state index in [0.717, 1.165) is 11.1 Å². The summed E-state index contributed by atoms with van der Waals surface area (Å²) in [5, 5.41) is 2.85. The summed E-state index contributed by atoms with van der Waals surface area (Å²) in [5.41, 5.74) is 1.97. The predicted molar refractivity (Wildman–Crippen MR) is 84.3 cm³/mol. The first kappa shape index (κ1) is 17.8. The molecule has 0 saturated carbocycles. The second-order valence-electron chi connectivity index (χ2n) is 5.04. The Labute approximate surface area is 131 Å². The molecule has 1 aromatic carbocycles. The maximum atomic E-state index is 11.6. The lowest BCUT2D eigenvalue weighted by molar-refractivity contribution is -0.139. The van der Waals surface area contributed by atoms with E-state index in [2.05, 4.69) is 10.1 Å². The minimum absolute atomic E-state index is 0.00570. The molecule has 0 aromatic heterocycles. The number of rotatable bonds is 6. The lowest BCUT2D eigenvalue weighted by Crippen LogP contribution is -2.33. The molecule has 5 heteroatoms. The Hall–Kier alpha value is -2.30. The number of hydrogen-bond acceptors (Lipinski definition) is 4. The van der Waals surface area contributed by atoms with Crippen molar-refractivity contribution >= 4 is 12.1 Å². The molecular weight excluding hydrogens is 282 g/mol. The number of carbonyl (C=O) groups is 2.